The second kappa shape index (κ2) is 5.38. The molecule has 1 aliphatic heterocycles. The van der Waals surface area contributed by atoms with Crippen LogP contribution in [0.15, 0.2) is 24.3 Å². The summed E-state index contributed by atoms with van der Waals surface area (Å²) >= 11 is 0. The molecule has 0 aliphatic carbocycles. The lowest BCUT2D eigenvalue weighted by molar-refractivity contribution is -0.129. The lowest BCUT2D eigenvalue weighted by Crippen LogP contribution is -2.35. The Labute approximate surface area is 108 Å². The van der Waals surface area contributed by atoms with Crippen molar-refractivity contribution >= 4 is 18.0 Å². The molecule has 0 bridgehead atoms. The molecule has 0 radical (unpaired) electrons. The number of carbonyl (C=O) groups excluding carboxylic acids is 2. The van der Waals surface area contributed by atoms with Crippen LogP contribution in [0.2, 0.25) is 0 Å². The van der Waals surface area contributed by atoms with Crippen LogP contribution >= 0.6 is 0 Å². The molecule has 7 nitrogen and oxygen atoms in total. The van der Waals surface area contributed by atoms with Gasteiger partial charge in [0.2, 0.25) is 0 Å². The number of carboxylic acid groups (broad SMARTS) is 1. The number of cyclic esters (lactones) is 1. The Morgan fingerprint density at radius 2 is 2.21 bits per heavy atom. The van der Waals surface area contributed by atoms with Crippen molar-refractivity contribution in [2.45, 2.75) is 0 Å². The van der Waals surface area contributed by atoms with Crippen molar-refractivity contribution in [2.75, 3.05) is 19.8 Å². The zero-order chi connectivity index (χ0) is 13.8. The van der Waals surface area contributed by atoms with E-state index in [0.29, 0.717) is 0 Å². The maximum Gasteiger partial charge on any atom is 0.416 e. The van der Waals surface area contributed by atoms with Crippen LogP contribution in [0.1, 0.15) is 10.4 Å². The Kier molecular flexibility index (Phi) is 3.65. The van der Waals surface area contributed by atoms with E-state index in [1.165, 1.54) is 24.3 Å². The van der Waals surface area contributed by atoms with Crippen LogP contribution in [0.5, 0.6) is 5.75 Å². The Bertz CT molecular complexity index is 527. The van der Waals surface area contributed by atoms with Crippen LogP contribution in [-0.4, -0.2) is 47.7 Å². The quantitative estimate of drug-likeness (QED) is 0.863. The van der Waals surface area contributed by atoms with E-state index in [9.17, 15) is 14.4 Å². The third kappa shape index (κ3) is 3.01. The molecule has 1 heterocycles. The SMILES string of the molecule is O=C(O)c1cccc(OCC(=O)N2CCOC2=O)c1. The van der Waals surface area contributed by atoms with Crippen molar-refractivity contribution in [2.24, 2.45) is 0 Å². The second-order valence-corrected chi connectivity index (χ2v) is 3.78. The lowest BCUT2D eigenvalue weighted by atomic mass is 10.2. The van der Waals surface area contributed by atoms with E-state index in [2.05, 4.69) is 4.74 Å². The van der Waals surface area contributed by atoms with Gasteiger partial charge in [0.1, 0.15) is 12.4 Å². The molecule has 7 heteroatoms. The summed E-state index contributed by atoms with van der Waals surface area (Å²) in [6, 6.07) is 5.75. The zero-order valence-electron chi connectivity index (χ0n) is 9.87. The normalized spacial score (nSPS) is 14.1. The van der Waals surface area contributed by atoms with E-state index in [-0.39, 0.29) is 31.1 Å². The number of hydrogen-bond donors (Lipinski definition) is 1. The minimum absolute atomic E-state index is 0.0607. The van der Waals surface area contributed by atoms with Crippen molar-refractivity contribution in [3.05, 3.63) is 29.8 Å². The van der Waals surface area contributed by atoms with Gasteiger partial charge >= 0.3 is 12.1 Å². The minimum atomic E-state index is -1.08. The average Bonchev–Trinajstić information content (AvgIpc) is 2.82. The lowest BCUT2D eigenvalue weighted by Gasteiger charge is -2.11. The van der Waals surface area contributed by atoms with Gasteiger partial charge in [0.15, 0.2) is 6.61 Å². The van der Waals surface area contributed by atoms with Gasteiger partial charge in [0.05, 0.1) is 12.1 Å². The van der Waals surface area contributed by atoms with Crippen molar-refractivity contribution in [3.8, 4) is 5.75 Å². The average molecular weight is 265 g/mol. The fourth-order valence-corrected chi connectivity index (χ4v) is 1.56. The molecule has 1 aliphatic rings. The Morgan fingerprint density at radius 1 is 1.42 bits per heavy atom. The number of ether oxygens (including phenoxy) is 2. The summed E-state index contributed by atoms with van der Waals surface area (Å²) in [4.78, 5) is 34.4. The van der Waals surface area contributed by atoms with Gasteiger partial charge in [-0.05, 0) is 18.2 Å². The van der Waals surface area contributed by atoms with Gasteiger partial charge in [-0.15, -0.1) is 0 Å². The van der Waals surface area contributed by atoms with E-state index in [1.54, 1.807) is 0 Å². The molecular weight excluding hydrogens is 254 g/mol. The number of amides is 2. The summed E-state index contributed by atoms with van der Waals surface area (Å²) in [5.41, 5.74) is 0.0607. The van der Waals surface area contributed by atoms with Crippen LogP contribution < -0.4 is 4.74 Å². The molecule has 0 aromatic heterocycles. The maximum atomic E-state index is 11.6. The van der Waals surface area contributed by atoms with Crippen LogP contribution in [-0.2, 0) is 9.53 Å². The third-order valence-electron chi connectivity index (χ3n) is 2.51. The fourth-order valence-electron chi connectivity index (χ4n) is 1.56. The molecular formula is C12H11NO6. The first-order valence-electron chi connectivity index (χ1n) is 5.51. The van der Waals surface area contributed by atoms with E-state index in [1.807, 2.05) is 0 Å². The zero-order valence-corrected chi connectivity index (χ0v) is 9.87. The van der Waals surface area contributed by atoms with E-state index < -0.39 is 18.0 Å². The standard InChI is InChI=1S/C12H11NO6/c14-10(13-4-5-18-12(13)17)7-19-9-3-1-2-8(6-9)11(15)16/h1-3,6H,4-5,7H2,(H,15,16). The van der Waals surface area contributed by atoms with Crippen molar-refractivity contribution in [3.63, 3.8) is 0 Å². The number of imide groups is 1. The molecule has 0 saturated carbocycles. The summed E-state index contributed by atoms with van der Waals surface area (Å²) < 4.78 is 9.78. The highest BCUT2D eigenvalue weighted by Gasteiger charge is 2.28. The molecule has 1 N–H and O–H groups in total. The van der Waals surface area contributed by atoms with E-state index in [0.717, 1.165) is 4.90 Å². The minimum Gasteiger partial charge on any atom is -0.484 e. The van der Waals surface area contributed by atoms with Crippen LogP contribution in [0, 0.1) is 0 Å². The topological polar surface area (TPSA) is 93.1 Å². The maximum absolute atomic E-state index is 11.6. The molecule has 0 atom stereocenters. The monoisotopic (exact) mass is 265 g/mol. The van der Waals surface area contributed by atoms with Crippen molar-refractivity contribution < 1.29 is 29.0 Å². The Morgan fingerprint density at radius 3 is 2.84 bits per heavy atom. The molecule has 0 unspecified atom stereocenters. The first-order valence-corrected chi connectivity index (χ1v) is 5.51. The number of benzene rings is 1. The molecule has 2 amide bonds. The van der Waals surface area contributed by atoms with Gasteiger partial charge in [-0.1, -0.05) is 6.07 Å². The Hall–Kier alpha value is -2.57. The molecule has 2 rings (SSSR count). The summed E-state index contributed by atoms with van der Waals surface area (Å²) in [6.07, 6.45) is -0.687. The molecule has 1 saturated heterocycles. The molecule has 1 fully saturated rings. The highest BCUT2D eigenvalue weighted by molar-refractivity contribution is 5.93. The molecule has 19 heavy (non-hydrogen) atoms. The van der Waals surface area contributed by atoms with Gasteiger partial charge in [0.25, 0.3) is 5.91 Å². The predicted octanol–water partition coefficient (Wildman–Crippen LogP) is 0.742. The summed E-state index contributed by atoms with van der Waals surface area (Å²) in [6.45, 7) is 0.0352. The van der Waals surface area contributed by atoms with Gasteiger partial charge in [0, 0.05) is 0 Å². The first-order chi connectivity index (χ1) is 9.08. The third-order valence-corrected chi connectivity index (χ3v) is 2.51. The van der Waals surface area contributed by atoms with Crippen molar-refractivity contribution in [1.29, 1.82) is 0 Å². The first kappa shape index (κ1) is 12.9. The molecule has 1 aromatic carbocycles. The highest BCUT2D eigenvalue weighted by atomic mass is 16.6. The summed E-state index contributed by atoms with van der Waals surface area (Å²) in [7, 11) is 0. The second-order valence-electron chi connectivity index (χ2n) is 3.78. The fraction of sp³-hybridized carbons (Fsp3) is 0.250. The predicted molar refractivity (Wildman–Crippen MR) is 62.0 cm³/mol. The smallest absolute Gasteiger partial charge is 0.416 e. The summed E-state index contributed by atoms with van der Waals surface area (Å²) in [5, 5.41) is 8.80. The highest BCUT2D eigenvalue weighted by Crippen LogP contribution is 2.14. The van der Waals surface area contributed by atoms with E-state index >= 15 is 0 Å². The number of nitrogens with zero attached hydrogens (tertiary/aromatic N) is 1. The van der Waals surface area contributed by atoms with E-state index in [4.69, 9.17) is 9.84 Å². The molecule has 1 aromatic rings. The van der Waals surface area contributed by atoms with Crippen LogP contribution in [0.4, 0.5) is 4.79 Å². The van der Waals surface area contributed by atoms with Gasteiger partial charge in [-0.25, -0.2) is 14.5 Å². The van der Waals surface area contributed by atoms with Gasteiger partial charge < -0.3 is 14.6 Å². The number of carbonyl (C=O) groups is 3. The van der Waals surface area contributed by atoms with Crippen LogP contribution in [0.25, 0.3) is 0 Å². The van der Waals surface area contributed by atoms with Gasteiger partial charge in [-0.3, -0.25) is 4.79 Å². The largest absolute Gasteiger partial charge is 0.484 e. The van der Waals surface area contributed by atoms with Crippen LogP contribution in [0.3, 0.4) is 0 Å². The van der Waals surface area contributed by atoms with Crippen molar-refractivity contribution in [1.82, 2.24) is 4.90 Å². The summed E-state index contributed by atoms with van der Waals surface area (Å²) in [5.74, 6) is -1.36. The molecule has 100 valence electrons. The number of aromatic carboxylic acids is 1. The number of rotatable bonds is 4. The number of carboxylic acids is 1. The number of hydrogen-bond acceptors (Lipinski definition) is 5. The van der Waals surface area contributed by atoms with Gasteiger partial charge in [-0.2, -0.15) is 0 Å². The Balaban J connectivity index is 1.95. The molecule has 0 spiro atoms.